The zero-order valence-electron chi connectivity index (χ0n) is 13.5. The van der Waals surface area contributed by atoms with E-state index in [1.54, 1.807) is 11.3 Å². The van der Waals surface area contributed by atoms with Gasteiger partial charge in [0.25, 0.3) is 5.91 Å². The number of thiazole rings is 1. The number of aryl methyl sites for hydroxylation is 1. The first-order valence-corrected chi connectivity index (χ1v) is 8.99. The molecule has 0 spiro atoms. The highest BCUT2D eigenvalue weighted by Gasteiger charge is 2.33. The maximum Gasteiger partial charge on any atom is 0.251 e. The average Bonchev–Trinajstić information content (AvgIpc) is 3.21. The van der Waals surface area contributed by atoms with E-state index in [0.29, 0.717) is 5.92 Å². The molecule has 1 amide bonds. The molecule has 0 N–H and O–H groups in total. The Morgan fingerprint density at radius 3 is 3.09 bits per heavy atom. The number of nitrogens with zero attached hydrogens (tertiary/aromatic N) is 3. The number of ether oxygens (including phenoxy) is 1. The van der Waals surface area contributed by atoms with Crippen LogP contribution in [0.4, 0.5) is 0 Å². The first-order chi connectivity index (χ1) is 10.6. The summed E-state index contributed by atoms with van der Waals surface area (Å²) in [6.07, 6.45) is 2.84. The quantitative estimate of drug-likeness (QED) is 0.830. The van der Waals surface area contributed by atoms with Crippen LogP contribution in [0.15, 0.2) is 5.51 Å². The molecule has 0 saturated carbocycles. The summed E-state index contributed by atoms with van der Waals surface area (Å²) in [6.45, 7) is 6.56. The van der Waals surface area contributed by atoms with E-state index in [0.717, 1.165) is 57.7 Å². The number of carbonyl (C=O) groups is 1. The van der Waals surface area contributed by atoms with Gasteiger partial charge in [-0.15, -0.1) is 11.3 Å². The van der Waals surface area contributed by atoms with Crippen LogP contribution < -0.4 is 0 Å². The van der Waals surface area contributed by atoms with Crippen molar-refractivity contribution in [1.29, 1.82) is 0 Å². The topological polar surface area (TPSA) is 45.7 Å². The lowest BCUT2D eigenvalue weighted by Gasteiger charge is -2.22. The van der Waals surface area contributed by atoms with Gasteiger partial charge in [0, 0.05) is 37.7 Å². The molecule has 2 aliphatic heterocycles. The minimum Gasteiger partial charge on any atom is -0.368 e. The summed E-state index contributed by atoms with van der Waals surface area (Å²) in [5.41, 5.74) is 3.05. The molecule has 5 nitrogen and oxygen atoms in total. The summed E-state index contributed by atoms with van der Waals surface area (Å²) < 4.78 is 5.52. The molecular formula is C16H25N3O2S. The van der Waals surface area contributed by atoms with Crippen LogP contribution in [0, 0.1) is 12.8 Å². The molecule has 2 aliphatic rings. The molecule has 122 valence electrons. The molecule has 3 rings (SSSR count). The van der Waals surface area contributed by atoms with E-state index in [-0.39, 0.29) is 12.0 Å². The van der Waals surface area contributed by atoms with Gasteiger partial charge in [0.2, 0.25) is 0 Å². The molecule has 0 aromatic carbocycles. The number of hydrogen-bond acceptors (Lipinski definition) is 5. The van der Waals surface area contributed by atoms with Gasteiger partial charge in [0.1, 0.15) is 6.10 Å². The van der Waals surface area contributed by atoms with Crippen LogP contribution in [0.2, 0.25) is 0 Å². The first kappa shape index (κ1) is 15.9. The molecule has 0 aliphatic carbocycles. The molecule has 2 atom stereocenters. The maximum absolute atomic E-state index is 12.4. The Labute approximate surface area is 136 Å². The molecule has 22 heavy (non-hydrogen) atoms. The number of likely N-dealkylation sites (tertiary alicyclic amines) is 1. The Balaban J connectivity index is 1.46. The molecule has 1 aromatic rings. The molecule has 0 unspecified atom stereocenters. The van der Waals surface area contributed by atoms with Crippen molar-refractivity contribution in [2.75, 3.05) is 33.3 Å². The Morgan fingerprint density at radius 1 is 1.55 bits per heavy atom. The van der Waals surface area contributed by atoms with Crippen LogP contribution in [0.3, 0.4) is 0 Å². The highest BCUT2D eigenvalue weighted by Crippen LogP contribution is 2.23. The summed E-state index contributed by atoms with van der Waals surface area (Å²) >= 11 is 1.72. The van der Waals surface area contributed by atoms with E-state index in [9.17, 15) is 4.79 Å². The number of amides is 1. The lowest BCUT2D eigenvalue weighted by Crippen LogP contribution is -2.38. The van der Waals surface area contributed by atoms with Crippen molar-refractivity contribution in [3.63, 3.8) is 0 Å². The highest BCUT2D eigenvalue weighted by atomic mass is 32.1. The van der Waals surface area contributed by atoms with E-state index in [4.69, 9.17) is 4.74 Å². The minimum atomic E-state index is -0.170. The molecule has 3 heterocycles. The predicted molar refractivity (Wildman–Crippen MR) is 86.8 cm³/mol. The number of hydrogen-bond donors (Lipinski definition) is 0. The van der Waals surface area contributed by atoms with E-state index in [2.05, 4.69) is 23.9 Å². The average molecular weight is 323 g/mol. The number of carbonyl (C=O) groups excluding carboxylic acids is 1. The van der Waals surface area contributed by atoms with E-state index >= 15 is 0 Å². The van der Waals surface area contributed by atoms with Crippen LogP contribution in [0.25, 0.3) is 0 Å². The molecule has 0 bridgehead atoms. The standard InChI is InChI=1S/C16H25N3O2S/c1-12-15(22-11-17-12)10-18(2)8-13-5-6-19(9-13)16(20)14-4-3-7-21-14/h11,13-14H,3-10H2,1-2H3/t13-,14+/m0/s1. The van der Waals surface area contributed by atoms with Crippen molar-refractivity contribution in [2.24, 2.45) is 5.92 Å². The van der Waals surface area contributed by atoms with Gasteiger partial charge in [-0.1, -0.05) is 0 Å². The van der Waals surface area contributed by atoms with Crippen molar-refractivity contribution in [3.05, 3.63) is 16.1 Å². The normalized spacial score (nSPS) is 25.3. The van der Waals surface area contributed by atoms with E-state index in [1.165, 1.54) is 4.88 Å². The van der Waals surface area contributed by atoms with Crippen LogP contribution in [0.1, 0.15) is 29.8 Å². The van der Waals surface area contributed by atoms with Gasteiger partial charge >= 0.3 is 0 Å². The second kappa shape index (κ2) is 7.06. The minimum absolute atomic E-state index is 0.170. The van der Waals surface area contributed by atoms with Gasteiger partial charge < -0.3 is 14.5 Å². The van der Waals surface area contributed by atoms with Crippen molar-refractivity contribution in [2.45, 2.75) is 38.8 Å². The second-order valence-corrected chi connectivity index (χ2v) is 7.44. The first-order valence-electron chi connectivity index (χ1n) is 8.11. The van der Waals surface area contributed by atoms with Gasteiger partial charge in [0.15, 0.2) is 0 Å². The van der Waals surface area contributed by atoms with Gasteiger partial charge in [0.05, 0.1) is 11.2 Å². The predicted octanol–water partition coefficient (Wildman–Crippen LogP) is 1.91. The summed E-state index contributed by atoms with van der Waals surface area (Å²) in [5.74, 6) is 0.782. The molecule has 6 heteroatoms. The molecular weight excluding hydrogens is 298 g/mol. The number of aromatic nitrogens is 1. The van der Waals surface area contributed by atoms with Gasteiger partial charge in [-0.3, -0.25) is 4.79 Å². The maximum atomic E-state index is 12.4. The summed E-state index contributed by atoms with van der Waals surface area (Å²) in [5, 5.41) is 0. The van der Waals surface area contributed by atoms with Crippen molar-refractivity contribution < 1.29 is 9.53 Å². The second-order valence-electron chi connectivity index (χ2n) is 6.50. The van der Waals surface area contributed by atoms with Crippen molar-refractivity contribution in [3.8, 4) is 0 Å². The summed E-state index contributed by atoms with van der Waals surface area (Å²) in [4.78, 5) is 22.4. The largest absolute Gasteiger partial charge is 0.368 e. The Hall–Kier alpha value is -0.980. The summed E-state index contributed by atoms with van der Waals surface area (Å²) in [6, 6.07) is 0. The zero-order chi connectivity index (χ0) is 15.5. The Bertz CT molecular complexity index is 513. The van der Waals surface area contributed by atoms with Crippen molar-refractivity contribution >= 4 is 17.2 Å². The zero-order valence-corrected chi connectivity index (χ0v) is 14.3. The smallest absolute Gasteiger partial charge is 0.251 e. The SMILES string of the molecule is Cc1ncsc1CN(C)C[C@@H]1CCN(C(=O)[C@H]2CCCO2)C1. The fourth-order valence-electron chi connectivity index (χ4n) is 3.39. The third-order valence-electron chi connectivity index (χ3n) is 4.63. The monoisotopic (exact) mass is 323 g/mol. The molecule has 1 aromatic heterocycles. The molecule has 2 fully saturated rings. The van der Waals surface area contributed by atoms with Gasteiger partial charge in [-0.2, -0.15) is 0 Å². The van der Waals surface area contributed by atoms with E-state index in [1.807, 2.05) is 10.4 Å². The summed E-state index contributed by atoms with van der Waals surface area (Å²) in [7, 11) is 2.16. The van der Waals surface area contributed by atoms with Crippen molar-refractivity contribution in [1.82, 2.24) is 14.8 Å². The van der Waals surface area contributed by atoms with Crippen LogP contribution >= 0.6 is 11.3 Å². The Morgan fingerprint density at radius 2 is 2.41 bits per heavy atom. The van der Waals surface area contributed by atoms with Gasteiger partial charge in [-0.25, -0.2) is 4.98 Å². The third kappa shape index (κ3) is 3.67. The Kier molecular flexibility index (Phi) is 5.10. The highest BCUT2D eigenvalue weighted by molar-refractivity contribution is 7.09. The van der Waals surface area contributed by atoms with E-state index < -0.39 is 0 Å². The molecule has 0 radical (unpaired) electrons. The van der Waals surface area contributed by atoms with Crippen LogP contribution in [-0.2, 0) is 16.1 Å². The third-order valence-corrected chi connectivity index (χ3v) is 5.55. The lowest BCUT2D eigenvalue weighted by atomic mass is 10.1. The molecule has 2 saturated heterocycles. The van der Waals surface area contributed by atoms with Gasteiger partial charge in [-0.05, 0) is 39.2 Å². The van der Waals surface area contributed by atoms with Crippen LogP contribution in [-0.4, -0.2) is 60.1 Å². The lowest BCUT2D eigenvalue weighted by molar-refractivity contribution is -0.139. The van der Waals surface area contributed by atoms with Crippen LogP contribution in [0.5, 0.6) is 0 Å². The fourth-order valence-corrected chi connectivity index (χ4v) is 4.24. The number of rotatable bonds is 5. The fraction of sp³-hybridized carbons (Fsp3) is 0.750.